The summed E-state index contributed by atoms with van der Waals surface area (Å²) in [6.45, 7) is 2.91. The molecule has 2 aromatic rings. The Kier molecular flexibility index (Phi) is 4.63. The van der Waals surface area contributed by atoms with E-state index < -0.39 is 11.6 Å². The van der Waals surface area contributed by atoms with Gasteiger partial charge in [-0.15, -0.1) is 0 Å². The summed E-state index contributed by atoms with van der Waals surface area (Å²) in [6, 6.07) is 17.3. The minimum atomic E-state index is -0.885. The average molecular weight is 377 g/mol. The molecule has 28 heavy (non-hydrogen) atoms. The first-order chi connectivity index (χ1) is 13.5. The van der Waals surface area contributed by atoms with Gasteiger partial charge in [0.2, 0.25) is 0 Å². The number of urea groups is 1. The highest BCUT2D eigenvalue weighted by Crippen LogP contribution is 2.31. The van der Waals surface area contributed by atoms with Gasteiger partial charge in [0.15, 0.2) is 0 Å². The smallest absolute Gasteiger partial charge is 0.322 e. The second kappa shape index (κ2) is 7.11. The number of hydrogen-bond acceptors (Lipinski definition) is 3. The normalized spacial score (nSPS) is 22.7. The lowest BCUT2D eigenvalue weighted by Gasteiger charge is -2.38. The van der Waals surface area contributed by atoms with Gasteiger partial charge in [-0.25, -0.2) is 4.79 Å². The molecule has 2 aromatic carbocycles. The van der Waals surface area contributed by atoms with Gasteiger partial charge in [0, 0.05) is 18.7 Å². The van der Waals surface area contributed by atoms with E-state index in [0.29, 0.717) is 31.5 Å². The van der Waals surface area contributed by atoms with Crippen LogP contribution in [-0.4, -0.2) is 41.4 Å². The number of piperidine rings is 1. The molecule has 2 fully saturated rings. The molecule has 144 valence electrons. The summed E-state index contributed by atoms with van der Waals surface area (Å²) in [5, 5.41) is 5.06. The van der Waals surface area contributed by atoms with E-state index in [1.807, 2.05) is 59.5 Å². The maximum atomic E-state index is 12.8. The molecular weight excluding hydrogens is 354 g/mol. The van der Waals surface area contributed by atoms with Crippen molar-refractivity contribution in [2.75, 3.05) is 13.1 Å². The Morgan fingerprint density at radius 2 is 1.57 bits per heavy atom. The minimum Gasteiger partial charge on any atom is -0.339 e. The van der Waals surface area contributed by atoms with E-state index in [2.05, 4.69) is 10.6 Å². The van der Waals surface area contributed by atoms with E-state index in [1.165, 1.54) is 0 Å². The van der Waals surface area contributed by atoms with E-state index in [0.717, 1.165) is 11.1 Å². The van der Waals surface area contributed by atoms with Crippen LogP contribution in [-0.2, 0) is 4.79 Å². The highest BCUT2D eigenvalue weighted by molar-refractivity contribution is 6.07. The molecule has 2 N–H and O–H groups in total. The van der Waals surface area contributed by atoms with Gasteiger partial charge in [-0.05, 0) is 48.9 Å². The van der Waals surface area contributed by atoms with Crippen LogP contribution in [0.1, 0.15) is 30.1 Å². The molecule has 4 amide bonds. The van der Waals surface area contributed by atoms with Crippen molar-refractivity contribution in [2.24, 2.45) is 5.92 Å². The molecule has 2 aliphatic heterocycles. The Morgan fingerprint density at radius 1 is 0.964 bits per heavy atom. The van der Waals surface area contributed by atoms with Gasteiger partial charge in [-0.3, -0.25) is 14.9 Å². The Labute approximate surface area is 163 Å². The number of amides is 4. The van der Waals surface area contributed by atoms with Crippen LogP contribution in [0.15, 0.2) is 54.6 Å². The Bertz CT molecular complexity index is 902. The highest BCUT2D eigenvalue weighted by Gasteiger charge is 2.48. The summed E-state index contributed by atoms with van der Waals surface area (Å²) < 4.78 is 0. The van der Waals surface area contributed by atoms with Crippen molar-refractivity contribution in [1.82, 2.24) is 15.5 Å². The number of carbonyl (C=O) groups excluding carboxylic acids is 3. The number of nitrogens with zero attached hydrogens (tertiary/aromatic N) is 1. The monoisotopic (exact) mass is 377 g/mol. The maximum absolute atomic E-state index is 12.8. The Morgan fingerprint density at radius 3 is 2.14 bits per heavy atom. The molecule has 0 aliphatic carbocycles. The molecule has 2 heterocycles. The topological polar surface area (TPSA) is 78.5 Å². The summed E-state index contributed by atoms with van der Waals surface area (Å²) in [5.74, 6) is -0.259. The van der Waals surface area contributed by atoms with Crippen LogP contribution in [0, 0.1) is 5.92 Å². The number of hydrogen-bond donors (Lipinski definition) is 2. The van der Waals surface area contributed by atoms with Crippen LogP contribution in [0.4, 0.5) is 4.79 Å². The molecular formula is C22H23N3O3. The predicted octanol–water partition coefficient (Wildman–Crippen LogP) is 2.80. The van der Waals surface area contributed by atoms with E-state index in [-0.39, 0.29) is 17.7 Å². The predicted molar refractivity (Wildman–Crippen MR) is 106 cm³/mol. The van der Waals surface area contributed by atoms with Gasteiger partial charge in [0.25, 0.3) is 11.8 Å². The van der Waals surface area contributed by atoms with Crippen LogP contribution < -0.4 is 10.6 Å². The molecule has 1 atom stereocenters. The fraction of sp³-hybridized carbons (Fsp3) is 0.318. The summed E-state index contributed by atoms with van der Waals surface area (Å²) in [5.41, 5.74) is 1.97. The van der Waals surface area contributed by atoms with Crippen molar-refractivity contribution in [3.63, 3.8) is 0 Å². The van der Waals surface area contributed by atoms with Crippen LogP contribution in [0.5, 0.6) is 0 Å². The van der Waals surface area contributed by atoms with Crippen molar-refractivity contribution in [3.05, 3.63) is 60.2 Å². The van der Waals surface area contributed by atoms with Crippen molar-refractivity contribution >= 4 is 17.8 Å². The zero-order valence-electron chi connectivity index (χ0n) is 15.8. The van der Waals surface area contributed by atoms with Crippen molar-refractivity contribution in [1.29, 1.82) is 0 Å². The van der Waals surface area contributed by atoms with Crippen LogP contribution >= 0.6 is 0 Å². The minimum absolute atomic E-state index is 0.00289. The zero-order chi connectivity index (χ0) is 19.7. The van der Waals surface area contributed by atoms with Gasteiger partial charge in [-0.1, -0.05) is 42.5 Å². The first-order valence-corrected chi connectivity index (χ1v) is 9.56. The van der Waals surface area contributed by atoms with E-state index >= 15 is 0 Å². The number of rotatable bonds is 3. The lowest BCUT2D eigenvalue weighted by molar-refractivity contribution is -0.125. The summed E-state index contributed by atoms with van der Waals surface area (Å²) in [6.07, 6.45) is 1.36. The quantitative estimate of drug-likeness (QED) is 0.808. The van der Waals surface area contributed by atoms with E-state index in [4.69, 9.17) is 0 Å². The number of carbonyl (C=O) groups is 3. The molecule has 1 unspecified atom stereocenters. The molecule has 6 heteroatoms. The fourth-order valence-corrected chi connectivity index (χ4v) is 4.12. The van der Waals surface area contributed by atoms with Crippen molar-refractivity contribution in [3.8, 4) is 11.1 Å². The Hall–Kier alpha value is -3.15. The van der Waals surface area contributed by atoms with Gasteiger partial charge in [0.05, 0.1) is 0 Å². The average Bonchev–Trinajstić information content (AvgIpc) is 3.01. The molecule has 2 aliphatic rings. The third-order valence-electron chi connectivity index (χ3n) is 5.91. The van der Waals surface area contributed by atoms with Gasteiger partial charge < -0.3 is 10.2 Å². The molecule has 0 aromatic heterocycles. The molecule has 4 rings (SSSR count). The zero-order valence-corrected chi connectivity index (χ0v) is 15.8. The fourth-order valence-electron chi connectivity index (χ4n) is 4.12. The second-order valence-corrected chi connectivity index (χ2v) is 7.62. The number of likely N-dealkylation sites (tertiary alicyclic amines) is 1. The highest BCUT2D eigenvalue weighted by atomic mass is 16.2. The van der Waals surface area contributed by atoms with Crippen LogP contribution in [0.25, 0.3) is 11.1 Å². The van der Waals surface area contributed by atoms with E-state index in [9.17, 15) is 14.4 Å². The van der Waals surface area contributed by atoms with Crippen molar-refractivity contribution < 1.29 is 14.4 Å². The van der Waals surface area contributed by atoms with Crippen molar-refractivity contribution in [2.45, 2.75) is 25.3 Å². The summed E-state index contributed by atoms with van der Waals surface area (Å²) in [7, 11) is 0. The second-order valence-electron chi connectivity index (χ2n) is 7.62. The van der Waals surface area contributed by atoms with Gasteiger partial charge in [-0.2, -0.15) is 0 Å². The lowest BCUT2D eigenvalue weighted by atomic mass is 9.79. The molecule has 6 nitrogen and oxygen atoms in total. The summed E-state index contributed by atoms with van der Waals surface area (Å²) >= 11 is 0. The first kappa shape index (κ1) is 18.2. The number of benzene rings is 2. The maximum Gasteiger partial charge on any atom is 0.322 e. The largest absolute Gasteiger partial charge is 0.339 e. The molecule has 0 bridgehead atoms. The number of nitrogens with one attached hydrogen (secondary N) is 2. The standard InChI is InChI=1S/C22H23N3O3/c1-22(20(27)23-21(28)24-22)18-11-13-25(14-12-18)19(26)17-9-7-16(8-10-17)15-5-3-2-4-6-15/h2-10,18H,11-14H2,1H3,(H2,23,24,27,28). The molecule has 0 spiro atoms. The molecule has 0 radical (unpaired) electrons. The number of imide groups is 1. The first-order valence-electron chi connectivity index (χ1n) is 9.56. The van der Waals surface area contributed by atoms with E-state index in [1.54, 1.807) is 6.92 Å². The van der Waals surface area contributed by atoms with Crippen LogP contribution in [0.3, 0.4) is 0 Å². The third-order valence-corrected chi connectivity index (χ3v) is 5.91. The third kappa shape index (κ3) is 3.26. The molecule has 2 saturated heterocycles. The van der Waals surface area contributed by atoms with Gasteiger partial charge >= 0.3 is 6.03 Å². The van der Waals surface area contributed by atoms with Crippen LogP contribution in [0.2, 0.25) is 0 Å². The Balaban J connectivity index is 1.40. The summed E-state index contributed by atoms with van der Waals surface area (Å²) in [4.78, 5) is 38.3. The lowest BCUT2D eigenvalue weighted by Crippen LogP contribution is -2.54. The molecule has 0 saturated carbocycles. The van der Waals surface area contributed by atoms with Gasteiger partial charge in [0.1, 0.15) is 5.54 Å². The SMILES string of the molecule is CC1(C2CCN(C(=O)c3ccc(-c4ccccc4)cc3)CC2)NC(=O)NC1=O.